The maximum atomic E-state index is 5.28. The van der Waals surface area contributed by atoms with Crippen LogP contribution in [0.3, 0.4) is 0 Å². The molecule has 150 valence electrons. The summed E-state index contributed by atoms with van der Waals surface area (Å²) >= 11 is 3.60. The van der Waals surface area contributed by atoms with Gasteiger partial charge >= 0.3 is 0 Å². The summed E-state index contributed by atoms with van der Waals surface area (Å²) in [7, 11) is 2.05. The molecule has 0 unspecified atom stereocenters. The predicted molar refractivity (Wildman–Crippen MR) is 124 cm³/mol. The highest BCUT2D eigenvalue weighted by Crippen LogP contribution is 2.17. The normalized spacial score (nSPS) is 11.4. The van der Waals surface area contributed by atoms with Crippen molar-refractivity contribution in [1.82, 2.24) is 20.4 Å². The van der Waals surface area contributed by atoms with Crippen molar-refractivity contribution in [1.29, 1.82) is 0 Å². The van der Waals surface area contributed by atoms with E-state index in [4.69, 9.17) is 9.52 Å². The van der Waals surface area contributed by atoms with E-state index in [2.05, 4.69) is 69.2 Å². The number of nitrogens with one attached hydrogen (secondary N) is 1. The topological polar surface area (TPSA) is 66.5 Å². The molecule has 0 atom stereocenters. The van der Waals surface area contributed by atoms with Gasteiger partial charge in [0.2, 0.25) is 5.89 Å². The smallest absolute Gasteiger partial charge is 0.226 e. The lowest BCUT2D eigenvalue weighted by molar-refractivity contribution is 0.369. The first-order chi connectivity index (χ1) is 12.5. The van der Waals surface area contributed by atoms with E-state index in [0.29, 0.717) is 12.4 Å². The largest absolute Gasteiger partial charge is 0.357 e. The van der Waals surface area contributed by atoms with E-state index in [-0.39, 0.29) is 29.9 Å². The van der Waals surface area contributed by atoms with Crippen molar-refractivity contribution < 1.29 is 4.52 Å². The second-order valence-corrected chi connectivity index (χ2v) is 7.34. The average molecular weight is 550 g/mol. The summed E-state index contributed by atoms with van der Waals surface area (Å²) in [5.41, 5.74) is 1.23. The molecule has 0 saturated heterocycles. The van der Waals surface area contributed by atoms with Crippen LogP contribution in [0, 0.1) is 0 Å². The lowest BCUT2D eigenvalue weighted by Gasteiger charge is -2.22. The molecule has 8 heteroatoms. The molecule has 0 aliphatic heterocycles. The molecule has 1 N–H and O–H groups in total. The third-order valence-electron chi connectivity index (χ3n) is 3.87. The van der Waals surface area contributed by atoms with Crippen molar-refractivity contribution in [2.75, 3.05) is 20.1 Å². The Morgan fingerprint density at radius 3 is 2.70 bits per heavy atom. The summed E-state index contributed by atoms with van der Waals surface area (Å²) < 4.78 is 6.39. The number of hydrogen-bond acceptors (Lipinski definition) is 4. The molecule has 0 aliphatic carbocycles. The predicted octanol–water partition coefficient (Wildman–Crippen LogP) is 4.60. The van der Waals surface area contributed by atoms with Gasteiger partial charge in [0.25, 0.3) is 0 Å². The molecule has 2 rings (SSSR count). The van der Waals surface area contributed by atoms with Crippen molar-refractivity contribution in [3.05, 3.63) is 46.0 Å². The van der Waals surface area contributed by atoms with Crippen molar-refractivity contribution in [2.45, 2.75) is 46.1 Å². The van der Waals surface area contributed by atoms with Gasteiger partial charge in [-0.05, 0) is 25.0 Å². The number of rotatable bonds is 8. The SMILES string of the molecule is CCNC(=NCCCc1nc(C(C)C)no1)N(C)Cc1ccccc1Br.I. The molecule has 0 fully saturated rings. The quantitative estimate of drug-likeness (QED) is 0.225. The van der Waals surface area contributed by atoms with Gasteiger partial charge in [0.05, 0.1) is 0 Å². The van der Waals surface area contributed by atoms with Crippen molar-refractivity contribution >= 4 is 45.9 Å². The minimum atomic E-state index is 0. The lowest BCUT2D eigenvalue weighted by Crippen LogP contribution is -2.38. The van der Waals surface area contributed by atoms with Crippen LogP contribution in [0.1, 0.15) is 50.4 Å². The number of aromatic nitrogens is 2. The van der Waals surface area contributed by atoms with Crippen molar-refractivity contribution in [3.63, 3.8) is 0 Å². The average Bonchev–Trinajstić information content (AvgIpc) is 3.09. The number of benzene rings is 1. The second kappa shape index (κ2) is 12.3. The zero-order chi connectivity index (χ0) is 18.9. The fourth-order valence-corrected chi connectivity index (χ4v) is 2.86. The second-order valence-electron chi connectivity index (χ2n) is 6.49. The van der Waals surface area contributed by atoms with Crippen molar-refractivity contribution in [2.24, 2.45) is 4.99 Å². The maximum absolute atomic E-state index is 5.28. The van der Waals surface area contributed by atoms with Crippen LogP contribution in [0.4, 0.5) is 0 Å². The van der Waals surface area contributed by atoms with Gasteiger partial charge in [-0.1, -0.05) is 53.1 Å². The van der Waals surface area contributed by atoms with Crippen LogP contribution in [0.25, 0.3) is 0 Å². The molecule has 1 aromatic heterocycles. The van der Waals surface area contributed by atoms with Crippen LogP contribution in [0.15, 0.2) is 38.3 Å². The monoisotopic (exact) mass is 549 g/mol. The van der Waals surface area contributed by atoms with Gasteiger partial charge in [-0.25, -0.2) is 0 Å². The first-order valence-electron chi connectivity index (χ1n) is 9.06. The highest BCUT2D eigenvalue weighted by atomic mass is 127. The van der Waals surface area contributed by atoms with Crippen LogP contribution in [0.2, 0.25) is 0 Å². The summed E-state index contributed by atoms with van der Waals surface area (Å²) in [4.78, 5) is 11.3. The number of aryl methyl sites for hydroxylation is 1. The van der Waals surface area contributed by atoms with Gasteiger partial charge < -0.3 is 14.7 Å². The Bertz CT molecular complexity index is 720. The third-order valence-corrected chi connectivity index (χ3v) is 4.65. The maximum Gasteiger partial charge on any atom is 0.226 e. The molecule has 0 spiro atoms. The van der Waals surface area contributed by atoms with Crippen LogP contribution >= 0.6 is 39.9 Å². The van der Waals surface area contributed by atoms with E-state index < -0.39 is 0 Å². The van der Waals surface area contributed by atoms with Crippen LogP contribution in [-0.4, -0.2) is 41.1 Å². The molecule has 6 nitrogen and oxygen atoms in total. The van der Waals surface area contributed by atoms with Gasteiger partial charge in [-0.3, -0.25) is 4.99 Å². The molecule has 27 heavy (non-hydrogen) atoms. The number of aliphatic imine (C=N–C) groups is 1. The Labute approximate surface area is 187 Å². The van der Waals surface area contributed by atoms with Gasteiger partial charge in [0.15, 0.2) is 11.8 Å². The molecular weight excluding hydrogens is 521 g/mol. The van der Waals surface area contributed by atoms with E-state index >= 15 is 0 Å². The standard InChI is InChI=1S/C19H28BrN5O.HI/c1-5-21-19(25(4)13-15-9-6-7-10-16(15)20)22-12-8-11-17-23-18(14(2)3)24-26-17;/h6-7,9-10,14H,5,8,11-13H2,1-4H3,(H,21,22);1H. The van der Waals surface area contributed by atoms with Gasteiger partial charge in [-0.2, -0.15) is 4.98 Å². The lowest BCUT2D eigenvalue weighted by atomic mass is 10.2. The molecule has 0 saturated carbocycles. The van der Waals surface area contributed by atoms with Gasteiger partial charge in [-0.15, -0.1) is 24.0 Å². The van der Waals surface area contributed by atoms with E-state index in [1.807, 2.05) is 19.2 Å². The highest BCUT2D eigenvalue weighted by Gasteiger charge is 2.10. The highest BCUT2D eigenvalue weighted by molar-refractivity contribution is 14.0. The Balaban J connectivity index is 0.00000364. The summed E-state index contributed by atoms with van der Waals surface area (Å²) in [6, 6.07) is 8.25. The van der Waals surface area contributed by atoms with E-state index in [9.17, 15) is 0 Å². The molecular formula is C19H29BrIN5O. The zero-order valence-corrected chi connectivity index (χ0v) is 20.3. The fraction of sp³-hybridized carbons (Fsp3) is 0.526. The minimum absolute atomic E-state index is 0. The van der Waals surface area contributed by atoms with Crippen LogP contribution in [-0.2, 0) is 13.0 Å². The van der Waals surface area contributed by atoms with Gasteiger partial charge in [0.1, 0.15) is 0 Å². The first kappa shape index (κ1) is 23.9. The zero-order valence-electron chi connectivity index (χ0n) is 16.4. The Morgan fingerprint density at radius 1 is 1.33 bits per heavy atom. The van der Waals surface area contributed by atoms with Crippen molar-refractivity contribution in [3.8, 4) is 0 Å². The Kier molecular flexibility index (Phi) is 10.9. The van der Waals surface area contributed by atoms with Crippen LogP contribution < -0.4 is 5.32 Å². The molecule has 1 aromatic carbocycles. The number of guanidine groups is 1. The number of halogens is 2. The van der Waals surface area contributed by atoms with Gasteiger partial charge in [0, 0.05) is 43.5 Å². The molecule has 0 bridgehead atoms. The third kappa shape index (κ3) is 7.77. The summed E-state index contributed by atoms with van der Waals surface area (Å²) in [6.07, 6.45) is 1.62. The molecule has 0 aliphatic rings. The Morgan fingerprint density at radius 2 is 2.07 bits per heavy atom. The fourth-order valence-electron chi connectivity index (χ4n) is 2.45. The Hall–Kier alpha value is -1.16. The minimum Gasteiger partial charge on any atom is -0.357 e. The van der Waals surface area contributed by atoms with E-state index in [1.54, 1.807) is 0 Å². The molecule has 2 aromatic rings. The first-order valence-corrected chi connectivity index (χ1v) is 9.85. The summed E-state index contributed by atoms with van der Waals surface area (Å²) in [5.74, 6) is 2.65. The summed E-state index contributed by atoms with van der Waals surface area (Å²) in [6.45, 7) is 8.52. The molecule has 1 heterocycles. The number of nitrogens with zero attached hydrogens (tertiary/aromatic N) is 4. The number of hydrogen-bond donors (Lipinski definition) is 1. The summed E-state index contributed by atoms with van der Waals surface area (Å²) in [5, 5.41) is 7.34. The molecule has 0 radical (unpaired) electrons. The van der Waals surface area contributed by atoms with E-state index in [1.165, 1.54) is 5.56 Å². The molecule has 0 amide bonds. The van der Waals surface area contributed by atoms with Crippen LogP contribution in [0.5, 0.6) is 0 Å². The van der Waals surface area contributed by atoms with E-state index in [0.717, 1.165) is 42.2 Å².